The summed E-state index contributed by atoms with van der Waals surface area (Å²) in [4.78, 5) is 13.7. The smallest absolute Gasteiger partial charge is 0.260 e. The predicted molar refractivity (Wildman–Crippen MR) is 74.7 cm³/mol. The van der Waals surface area contributed by atoms with E-state index in [1.165, 1.54) is 0 Å². The summed E-state index contributed by atoms with van der Waals surface area (Å²) in [5.41, 5.74) is 0. The van der Waals surface area contributed by atoms with Gasteiger partial charge in [0.25, 0.3) is 5.91 Å². The van der Waals surface area contributed by atoms with Gasteiger partial charge in [0, 0.05) is 13.1 Å². The van der Waals surface area contributed by atoms with Crippen molar-refractivity contribution in [2.24, 2.45) is 0 Å². The molecule has 1 saturated heterocycles. The molecule has 1 amide bonds. The maximum atomic E-state index is 11.9. The highest BCUT2D eigenvalue weighted by Gasteiger charge is 2.18. The van der Waals surface area contributed by atoms with Crippen LogP contribution in [-0.4, -0.2) is 43.7 Å². The zero-order valence-corrected chi connectivity index (χ0v) is 12.9. The van der Waals surface area contributed by atoms with E-state index in [1.54, 1.807) is 4.90 Å². The Balaban J connectivity index is 1.92. The van der Waals surface area contributed by atoms with Crippen molar-refractivity contribution in [3.05, 3.63) is 27.1 Å². The number of para-hydroxylation sites is 1. The van der Waals surface area contributed by atoms with E-state index < -0.39 is 0 Å². The molecule has 0 N–H and O–H groups in total. The number of benzene rings is 1. The summed E-state index contributed by atoms with van der Waals surface area (Å²) in [6.07, 6.45) is 0. The van der Waals surface area contributed by atoms with Crippen LogP contribution in [-0.2, 0) is 9.53 Å². The summed E-state index contributed by atoms with van der Waals surface area (Å²) in [6.45, 7) is 2.52. The maximum absolute atomic E-state index is 11.9. The molecular weight excluding hydrogens is 366 g/mol. The molecular formula is C12H13Br2NO3. The van der Waals surface area contributed by atoms with E-state index in [0.717, 1.165) is 8.95 Å². The molecule has 0 aromatic heterocycles. The van der Waals surface area contributed by atoms with Gasteiger partial charge in [0.05, 0.1) is 22.2 Å². The topological polar surface area (TPSA) is 38.8 Å². The fourth-order valence-corrected chi connectivity index (χ4v) is 2.89. The lowest BCUT2D eigenvalue weighted by Gasteiger charge is -2.26. The number of rotatable bonds is 3. The molecule has 98 valence electrons. The largest absolute Gasteiger partial charge is 0.481 e. The predicted octanol–water partition coefficient (Wildman–Crippen LogP) is 2.45. The highest BCUT2D eigenvalue weighted by Crippen LogP contribution is 2.32. The van der Waals surface area contributed by atoms with Crippen molar-refractivity contribution in [2.75, 3.05) is 32.9 Å². The number of carbonyl (C=O) groups excluding carboxylic acids is 1. The third-order valence-electron chi connectivity index (χ3n) is 2.62. The number of hydrogen-bond acceptors (Lipinski definition) is 3. The van der Waals surface area contributed by atoms with Crippen LogP contribution in [0.25, 0.3) is 0 Å². The van der Waals surface area contributed by atoms with Crippen LogP contribution in [0.1, 0.15) is 0 Å². The van der Waals surface area contributed by atoms with Gasteiger partial charge in [0.15, 0.2) is 6.61 Å². The summed E-state index contributed by atoms with van der Waals surface area (Å²) in [5, 5.41) is 0. The van der Waals surface area contributed by atoms with Crippen molar-refractivity contribution in [2.45, 2.75) is 0 Å². The Hall–Kier alpha value is -0.590. The lowest BCUT2D eigenvalue weighted by molar-refractivity contribution is -0.137. The van der Waals surface area contributed by atoms with Crippen LogP contribution >= 0.6 is 31.9 Å². The standard InChI is InChI=1S/C12H13Br2NO3/c13-9-2-1-3-10(14)12(9)18-8-11(16)15-4-6-17-7-5-15/h1-3H,4-8H2. The summed E-state index contributed by atoms with van der Waals surface area (Å²) < 4.78 is 12.4. The highest BCUT2D eigenvalue weighted by molar-refractivity contribution is 9.11. The molecule has 1 aromatic carbocycles. The van der Waals surface area contributed by atoms with Gasteiger partial charge in [-0.15, -0.1) is 0 Å². The molecule has 0 spiro atoms. The molecule has 1 aliphatic rings. The number of halogens is 2. The lowest BCUT2D eigenvalue weighted by Crippen LogP contribution is -2.43. The van der Waals surface area contributed by atoms with Crippen LogP contribution in [0.4, 0.5) is 0 Å². The van der Waals surface area contributed by atoms with E-state index in [2.05, 4.69) is 31.9 Å². The van der Waals surface area contributed by atoms with E-state index in [0.29, 0.717) is 32.1 Å². The van der Waals surface area contributed by atoms with Crippen molar-refractivity contribution >= 4 is 37.8 Å². The molecule has 0 atom stereocenters. The average molecular weight is 379 g/mol. The second-order valence-corrected chi connectivity index (χ2v) is 5.54. The molecule has 1 aliphatic heterocycles. The van der Waals surface area contributed by atoms with Crippen LogP contribution < -0.4 is 4.74 Å². The molecule has 2 rings (SSSR count). The number of amides is 1. The Kier molecular flexibility index (Phi) is 5.03. The SMILES string of the molecule is O=C(COc1c(Br)cccc1Br)N1CCOCC1. The fourth-order valence-electron chi connectivity index (χ4n) is 1.66. The van der Waals surface area contributed by atoms with Gasteiger partial charge in [-0.1, -0.05) is 6.07 Å². The minimum absolute atomic E-state index is 0.0130. The first-order valence-corrected chi connectivity index (χ1v) is 7.19. The van der Waals surface area contributed by atoms with Crippen LogP contribution in [0, 0.1) is 0 Å². The van der Waals surface area contributed by atoms with Gasteiger partial charge in [0.1, 0.15) is 5.75 Å². The second kappa shape index (κ2) is 6.54. The van der Waals surface area contributed by atoms with Gasteiger partial charge < -0.3 is 14.4 Å². The normalized spacial score (nSPS) is 15.6. The molecule has 0 aliphatic carbocycles. The highest BCUT2D eigenvalue weighted by atomic mass is 79.9. The van der Waals surface area contributed by atoms with Gasteiger partial charge in [-0.3, -0.25) is 4.79 Å². The summed E-state index contributed by atoms with van der Waals surface area (Å²) >= 11 is 6.79. The van der Waals surface area contributed by atoms with E-state index >= 15 is 0 Å². The maximum Gasteiger partial charge on any atom is 0.260 e. The van der Waals surface area contributed by atoms with Crippen molar-refractivity contribution in [3.8, 4) is 5.75 Å². The van der Waals surface area contributed by atoms with Crippen LogP contribution in [0.5, 0.6) is 5.75 Å². The van der Waals surface area contributed by atoms with Crippen LogP contribution in [0.3, 0.4) is 0 Å². The van der Waals surface area contributed by atoms with Gasteiger partial charge >= 0.3 is 0 Å². The third kappa shape index (κ3) is 3.46. The molecule has 4 nitrogen and oxygen atoms in total. The van der Waals surface area contributed by atoms with E-state index in [-0.39, 0.29) is 12.5 Å². The Morgan fingerprint density at radius 2 is 1.89 bits per heavy atom. The number of morpholine rings is 1. The minimum atomic E-state index is -0.0130. The molecule has 0 unspecified atom stereocenters. The van der Waals surface area contributed by atoms with E-state index in [4.69, 9.17) is 9.47 Å². The zero-order valence-electron chi connectivity index (χ0n) is 9.70. The lowest BCUT2D eigenvalue weighted by atomic mass is 10.3. The summed E-state index contributed by atoms with van der Waals surface area (Å²) in [6, 6.07) is 5.64. The Labute approximate surface area is 122 Å². The monoisotopic (exact) mass is 377 g/mol. The molecule has 1 heterocycles. The Morgan fingerprint density at radius 1 is 1.28 bits per heavy atom. The molecule has 0 bridgehead atoms. The Bertz CT molecular complexity index is 413. The first-order valence-electron chi connectivity index (χ1n) is 5.61. The number of carbonyl (C=O) groups is 1. The van der Waals surface area contributed by atoms with Gasteiger partial charge in [-0.2, -0.15) is 0 Å². The molecule has 0 saturated carbocycles. The van der Waals surface area contributed by atoms with Crippen LogP contribution in [0.2, 0.25) is 0 Å². The quantitative estimate of drug-likeness (QED) is 0.810. The van der Waals surface area contributed by atoms with Gasteiger partial charge in [0.2, 0.25) is 0 Å². The molecule has 1 aromatic rings. The first kappa shape index (κ1) is 13.8. The van der Waals surface area contributed by atoms with E-state index in [1.807, 2.05) is 18.2 Å². The van der Waals surface area contributed by atoms with Crippen molar-refractivity contribution in [1.29, 1.82) is 0 Å². The second-order valence-electron chi connectivity index (χ2n) is 3.83. The molecule has 6 heteroatoms. The summed E-state index contributed by atoms with van der Waals surface area (Å²) in [5.74, 6) is 0.639. The van der Waals surface area contributed by atoms with Gasteiger partial charge in [-0.25, -0.2) is 0 Å². The number of nitrogens with zero attached hydrogens (tertiary/aromatic N) is 1. The third-order valence-corrected chi connectivity index (χ3v) is 3.87. The summed E-state index contributed by atoms with van der Waals surface area (Å²) in [7, 11) is 0. The first-order chi connectivity index (χ1) is 8.68. The number of hydrogen-bond donors (Lipinski definition) is 0. The van der Waals surface area contributed by atoms with Crippen molar-refractivity contribution in [1.82, 2.24) is 4.90 Å². The van der Waals surface area contributed by atoms with Crippen molar-refractivity contribution in [3.63, 3.8) is 0 Å². The molecule has 1 fully saturated rings. The van der Waals surface area contributed by atoms with Crippen molar-refractivity contribution < 1.29 is 14.3 Å². The molecule has 18 heavy (non-hydrogen) atoms. The Morgan fingerprint density at radius 3 is 2.50 bits per heavy atom. The van der Waals surface area contributed by atoms with Gasteiger partial charge in [-0.05, 0) is 44.0 Å². The zero-order chi connectivity index (χ0) is 13.0. The molecule has 0 radical (unpaired) electrons. The van der Waals surface area contributed by atoms with Crippen LogP contribution in [0.15, 0.2) is 27.1 Å². The fraction of sp³-hybridized carbons (Fsp3) is 0.417. The number of ether oxygens (including phenoxy) is 2. The average Bonchev–Trinajstić information content (AvgIpc) is 2.39. The van der Waals surface area contributed by atoms with E-state index in [9.17, 15) is 4.79 Å². The minimum Gasteiger partial charge on any atom is -0.481 e.